The lowest BCUT2D eigenvalue weighted by atomic mass is 10.1. The summed E-state index contributed by atoms with van der Waals surface area (Å²) in [5.41, 5.74) is -0.621. The van der Waals surface area contributed by atoms with E-state index in [1.807, 2.05) is 6.92 Å². The molecule has 1 fully saturated rings. The lowest BCUT2D eigenvalue weighted by molar-refractivity contribution is -0.150. The molecule has 7 heteroatoms. The van der Waals surface area contributed by atoms with Crippen molar-refractivity contribution in [1.82, 2.24) is 10.2 Å². The molecule has 0 aromatic rings. The third-order valence-corrected chi connectivity index (χ3v) is 3.09. The molecule has 1 N–H and O–H groups in total. The first-order chi connectivity index (χ1) is 9.64. The van der Waals surface area contributed by atoms with E-state index in [1.165, 1.54) is 12.0 Å². The van der Waals surface area contributed by atoms with Gasteiger partial charge in [-0.15, -0.1) is 0 Å². The van der Waals surface area contributed by atoms with Crippen molar-refractivity contribution in [3.8, 4) is 0 Å². The highest BCUT2D eigenvalue weighted by molar-refractivity contribution is 5.87. The molecule has 0 aromatic carbocycles. The Morgan fingerprint density at radius 3 is 2.43 bits per heavy atom. The van der Waals surface area contributed by atoms with Gasteiger partial charge in [-0.1, -0.05) is 6.92 Å². The van der Waals surface area contributed by atoms with Crippen molar-refractivity contribution in [1.29, 1.82) is 0 Å². The summed E-state index contributed by atoms with van der Waals surface area (Å²) in [5.74, 6) is -0.523. The molecule has 7 nitrogen and oxygen atoms in total. The summed E-state index contributed by atoms with van der Waals surface area (Å²) in [6, 6.07) is -0.571. The average Bonchev–Trinajstić information content (AvgIpc) is 2.75. The number of amides is 2. The molecule has 0 radical (unpaired) electrons. The molecule has 0 saturated carbocycles. The van der Waals surface area contributed by atoms with Gasteiger partial charge in [0, 0.05) is 6.54 Å². The molecule has 0 aromatic heterocycles. The van der Waals surface area contributed by atoms with Crippen LogP contribution in [0.2, 0.25) is 0 Å². The summed E-state index contributed by atoms with van der Waals surface area (Å²) in [7, 11) is 1.30. The molecule has 2 amide bonds. The largest absolute Gasteiger partial charge is 0.467 e. The molecule has 0 bridgehead atoms. The van der Waals surface area contributed by atoms with Crippen molar-refractivity contribution in [2.24, 2.45) is 5.92 Å². The summed E-state index contributed by atoms with van der Waals surface area (Å²) >= 11 is 0. The molecule has 1 rings (SSSR count). The predicted octanol–water partition coefficient (Wildman–Crippen LogP) is 0.921. The van der Waals surface area contributed by atoms with Crippen LogP contribution in [0.1, 0.15) is 34.1 Å². The van der Waals surface area contributed by atoms with Crippen molar-refractivity contribution < 1.29 is 23.9 Å². The number of likely N-dealkylation sites (tertiary alicyclic amines) is 1. The van der Waals surface area contributed by atoms with Gasteiger partial charge in [-0.3, -0.25) is 4.79 Å². The van der Waals surface area contributed by atoms with Gasteiger partial charge in [0.2, 0.25) is 5.91 Å². The maximum atomic E-state index is 12.1. The van der Waals surface area contributed by atoms with E-state index in [1.54, 1.807) is 20.8 Å². The molecule has 0 spiro atoms. The first-order valence-electron chi connectivity index (χ1n) is 6.98. The maximum Gasteiger partial charge on any atom is 0.408 e. The lowest BCUT2D eigenvalue weighted by Gasteiger charge is -2.24. The van der Waals surface area contributed by atoms with Gasteiger partial charge in [0.05, 0.1) is 7.11 Å². The number of nitrogens with zero attached hydrogens (tertiary/aromatic N) is 1. The van der Waals surface area contributed by atoms with Crippen LogP contribution in [0.4, 0.5) is 4.79 Å². The van der Waals surface area contributed by atoms with Crippen LogP contribution in [0.3, 0.4) is 0 Å². The van der Waals surface area contributed by atoms with Gasteiger partial charge in [-0.05, 0) is 33.1 Å². The highest BCUT2D eigenvalue weighted by atomic mass is 16.6. The molecule has 2 atom stereocenters. The van der Waals surface area contributed by atoms with Crippen LogP contribution in [0.25, 0.3) is 0 Å². The van der Waals surface area contributed by atoms with E-state index in [-0.39, 0.29) is 18.4 Å². The second kappa shape index (κ2) is 6.78. The van der Waals surface area contributed by atoms with Crippen LogP contribution < -0.4 is 5.32 Å². The Kier molecular flexibility index (Phi) is 5.57. The zero-order chi connectivity index (χ0) is 16.2. The minimum Gasteiger partial charge on any atom is -0.467 e. The average molecular weight is 300 g/mol. The number of rotatable bonds is 3. The fourth-order valence-electron chi connectivity index (χ4n) is 2.24. The maximum absolute atomic E-state index is 12.1. The number of hydrogen-bond donors (Lipinski definition) is 1. The van der Waals surface area contributed by atoms with Gasteiger partial charge in [0.25, 0.3) is 0 Å². The van der Waals surface area contributed by atoms with Gasteiger partial charge in [0.1, 0.15) is 18.2 Å². The number of ether oxygens (including phenoxy) is 2. The molecule has 1 saturated heterocycles. The van der Waals surface area contributed by atoms with E-state index >= 15 is 0 Å². The molecule has 0 aliphatic carbocycles. The predicted molar refractivity (Wildman–Crippen MR) is 75.5 cm³/mol. The highest BCUT2D eigenvalue weighted by Gasteiger charge is 2.38. The second-order valence-electron chi connectivity index (χ2n) is 6.28. The van der Waals surface area contributed by atoms with E-state index in [0.717, 1.165) is 0 Å². The topological polar surface area (TPSA) is 84.9 Å². The molecule has 2 unspecified atom stereocenters. The Hall–Kier alpha value is -1.79. The summed E-state index contributed by atoms with van der Waals surface area (Å²) in [6.45, 7) is 7.46. The Balaban J connectivity index is 2.54. The van der Waals surface area contributed by atoms with Crippen LogP contribution in [0, 0.1) is 5.92 Å². The number of nitrogens with one attached hydrogen (secondary N) is 1. The Labute approximate surface area is 124 Å². The third kappa shape index (κ3) is 5.24. The summed E-state index contributed by atoms with van der Waals surface area (Å²) < 4.78 is 9.76. The SMILES string of the molecule is COC(=O)C1CC(C)CN1C(=O)CNC(=O)OC(C)(C)C. The number of methoxy groups -OCH3 is 1. The van der Waals surface area contributed by atoms with Gasteiger partial charge < -0.3 is 19.7 Å². The molecule has 1 aliphatic heterocycles. The van der Waals surface area contributed by atoms with Crippen LogP contribution in [0.5, 0.6) is 0 Å². The smallest absolute Gasteiger partial charge is 0.408 e. The van der Waals surface area contributed by atoms with Crippen molar-refractivity contribution in [2.45, 2.75) is 45.8 Å². The number of alkyl carbamates (subject to hydrolysis) is 1. The van der Waals surface area contributed by atoms with E-state index in [2.05, 4.69) is 5.32 Å². The van der Waals surface area contributed by atoms with Crippen LogP contribution in [-0.4, -0.2) is 54.7 Å². The van der Waals surface area contributed by atoms with Gasteiger partial charge in [-0.25, -0.2) is 9.59 Å². The molecule has 21 heavy (non-hydrogen) atoms. The van der Waals surface area contributed by atoms with E-state index in [9.17, 15) is 14.4 Å². The van der Waals surface area contributed by atoms with Crippen LogP contribution >= 0.6 is 0 Å². The molecule has 120 valence electrons. The second-order valence-corrected chi connectivity index (χ2v) is 6.28. The number of carbonyl (C=O) groups is 3. The minimum atomic E-state index is -0.655. The fourth-order valence-corrected chi connectivity index (χ4v) is 2.24. The van der Waals surface area contributed by atoms with Gasteiger partial charge >= 0.3 is 12.1 Å². The standard InChI is InChI=1S/C14H24N2O5/c1-9-6-10(12(18)20-5)16(8-9)11(17)7-15-13(19)21-14(2,3)4/h9-10H,6-8H2,1-5H3,(H,15,19). The normalized spacial score (nSPS) is 21.9. The third-order valence-electron chi connectivity index (χ3n) is 3.09. The Morgan fingerprint density at radius 1 is 1.29 bits per heavy atom. The van der Waals surface area contributed by atoms with E-state index in [4.69, 9.17) is 9.47 Å². The van der Waals surface area contributed by atoms with Crippen molar-refractivity contribution >= 4 is 18.0 Å². The van der Waals surface area contributed by atoms with E-state index < -0.39 is 23.7 Å². The molecule has 1 aliphatic rings. The lowest BCUT2D eigenvalue weighted by Crippen LogP contribution is -2.46. The summed E-state index contributed by atoms with van der Waals surface area (Å²) in [5, 5.41) is 2.40. The number of esters is 1. The highest BCUT2D eigenvalue weighted by Crippen LogP contribution is 2.23. The van der Waals surface area contributed by atoms with Crippen LogP contribution in [-0.2, 0) is 19.1 Å². The van der Waals surface area contributed by atoms with Crippen LogP contribution in [0.15, 0.2) is 0 Å². The first-order valence-corrected chi connectivity index (χ1v) is 6.98. The Morgan fingerprint density at radius 2 is 1.90 bits per heavy atom. The zero-order valence-electron chi connectivity index (χ0n) is 13.3. The molecule has 1 heterocycles. The Bertz CT molecular complexity index is 416. The van der Waals surface area contributed by atoms with Crippen molar-refractivity contribution in [2.75, 3.05) is 20.2 Å². The number of carbonyl (C=O) groups excluding carboxylic acids is 3. The van der Waals surface area contributed by atoms with Gasteiger partial charge in [0.15, 0.2) is 0 Å². The van der Waals surface area contributed by atoms with E-state index in [0.29, 0.717) is 13.0 Å². The first kappa shape index (κ1) is 17.3. The monoisotopic (exact) mass is 300 g/mol. The van der Waals surface area contributed by atoms with Gasteiger partial charge in [-0.2, -0.15) is 0 Å². The van der Waals surface area contributed by atoms with Crippen molar-refractivity contribution in [3.63, 3.8) is 0 Å². The molecular weight excluding hydrogens is 276 g/mol. The number of hydrogen-bond acceptors (Lipinski definition) is 5. The fraction of sp³-hybridized carbons (Fsp3) is 0.786. The quantitative estimate of drug-likeness (QED) is 0.783. The zero-order valence-corrected chi connectivity index (χ0v) is 13.3. The van der Waals surface area contributed by atoms with Crippen molar-refractivity contribution in [3.05, 3.63) is 0 Å². The summed E-state index contributed by atoms with van der Waals surface area (Å²) in [4.78, 5) is 36.8. The minimum absolute atomic E-state index is 0.199. The molecular formula is C14H24N2O5. The summed E-state index contributed by atoms with van der Waals surface area (Å²) in [6.07, 6.45) is -0.0806.